The molecule has 1 fully saturated rings. The van der Waals surface area contributed by atoms with Gasteiger partial charge in [-0.15, -0.1) is 11.3 Å². The van der Waals surface area contributed by atoms with Crippen LogP contribution >= 0.6 is 11.3 Å². The number of aromatic nitrogens is 2. The molecule has 0 N–H and O–H groups in total. The van der Waals surface area contributed by atoms with E-state index >= 15 is 0 Å². The Labute approximate surface area is 143 Å². The number of amides is 1. The normalized spacial score (nSPS) is 18.0. The summed E-state index contributed by atoms with van der Waals surface area (Å²) in [7, 11) is 0. The van der Waals surface area contributed by atoms with Gasteiger partial charge in [-0.2, -0.15) is 0 Å². The van der Waals surface area contributed by atoms with Crippen LogP contribution in [0.2, 0.25) is 0 Å². The summed E-state index contributed by atoms with van der Waals surface area (Å²) >= 11 is 1.47. The number of rotatable bonds is 3. The zero-order valence-corrected chi connectivity index (χ0v) is 13.9. The van der Waals surface area contributed by atoms with E-state index in [1.54, 1.807) is 23.4 Å². The van der Waals surface area contributed by atoms with Crippen molar-refractivity contribution >= 4 is 28.7 Å². The van der Waals surface area contributed by atoms with Crippen molar-refractivity contribution in [3.8, 4) is 0 Å². The van der Waals surface area contributed by atoms with Crippen LogP contribution in [0.15, 0.2) is 48.2 Å². The number of fused-ring (bicyclic) bond motifs is 1. The van der Waals surface area contributed by atoms with Gasteiger partial charge in [0.2, 0.25) is 0 Å². The van der Waals surface area contributed by atoms with E-state index in [0.29, 0.717) is 18.7 Å². The molecular formula is C18H17N3O2S. The van der Waals surface area contributed by atoms with Gasteiger partial charge in [-0.1, -0.05) is 6.07 Å². The molecule has 1 saturated heterocycles. The summed E-state index contributed by atoms with van der Waals surface area (Å²) in [6, 6.07) is 7.39. The molecule has 1 aliphatic heterocycles. The van der Waals surface area contributed by atoms with Crippen LogP contribution in [0.1, 0.15) is 32.9 Å². The first kappa shape index (κ1) is 15.1. The molecule has 3 aromatic rings. The highest BCUT2D eigenvalue weighted by molar-refractivity contribution is 7.12. The minimum Gasteiger partial charge on any atom is -0.338 e. The van der Waals surface area contributed by atoms with Crippen molar-refractivity contribution in [3.63, 3.8) is 0 Å². The second-order valence-electron chi connectivity index (χ2n) is 6.04. The summed E-state index contributed by atoms with van der Waals surface area (Å²) in [4.78, 5) is 32.1. The second kappa shape index (κ2) is 6.20. The lowest BCUT2D eigenvalue weighted by Crippen LogP contribution is -2.42. The molecule has 1 amide bonds. The zero-order valence-electron chi connectivity index (χ0n) is 13.1. The fourth-order valence-corrected chi connectivity index (χ4v) is 3.97. The van der Waals surface area contributed by atoms with Crippen LogP contribution in [0.3, 0.4) is 0 Å². The summed E-state index contributed by atoms with van der Waals surface area (Å²) in [5.74, 6) is 0.0418. The molecule has 5 nitrogen and oxygen atoms in total. The number of carbonyl (C=O) groups is 2. The lowest BCUT2D eigenvalue weighted by molar-refractivity contribution is 0.0638. The number of ketones is 1. The molecule has 1 atom stereocenters. The van der Waals surface area contributed by atoms with Crippen LogP contribution in [-0.2, 0) is 0 Å². The fourth-order valence-electron chi connectivity index (χ4n) is 3.22. The standard InChI is InChI=1S/C18H17N3O2S/c22-17(15-4-2-10-24-15)13-3-1-8-21(11-13)18(23)14-5-6-16-19-7-9-20(16)12-14/h2,4-7,9-10,12-13H,1,3,8,11H2/t13-/m1/s1. The Hall–Kier alpha value is -2.47. The smallest absolute Gasteiger partial charge is 0.255 e. The molecule has 0 aliphatic carbocycles. The molecule has 0 bridgehead atoms. The number of pyridine rings is 1. The molecule has 24 heavy (non-hydrogen) atoms. The van der Waals surface area contributed by atoms with Crippen molar-refractivity contribution in [1.29, 1.82) is 0 Å². The molecule has 0 saturated carbocycles. The molecule has 0 unspecified atom stereocenters. The van der Waals surface area contributed by atoms with Gasteiger partial charge in [0.25, 0.3) is 5.91 Å². The monoisotopic (exact) mass is 339 g/mol. The van der Waals surface area contributed by atoms with Crippen LogP contribution < -0.4 is 0 Å². The van der Waals surface area contributed by atoms with E-state index in [-0.39, 0.29) is 17.6 Å². The van der Waals surface area contributed by atoms with Gasteiger partial charge < -0.3 is 9.30 Å². The average molecular weight is 339 g/mol. The summed E-state index contributed by atoms with van der Waals surface area (Å²) in [5.41, 5.74) is 1.45. The lowest BCUT2D eigenvalue weighted by Gasteiger charge is -2.32. The Morgan fingerprint density at radius 3 is 3.00 bits per heavy atom. The van der Waals surface area contributed by atoms with Crippen molar-refractivity contribution in [3.05, 3.63) is 58.7 Å². The number of piperidine rings is 1. The van der Waals surface area contributed by atoms with E-state index in [2.05, 4.69) is 4.98 Å². The second-order valence-corrected chi connectivity index (χ2v) is 6.99. The Morgan fingerprint density at radius 1 is 1.25 bits per heavy atom. The Kier molecular flexibility index (Phi) is 3.90. The molecule has 122 valence electrons. The number of hydrogen-bond donors (Lipinski definition) is 0. The third kappa shape index (κ3) is 2.73. The number of nitrogens with zero attached hydrogens (tertiary/aromatic N) is 3. The highest BCUT2D eigenvalue weighted by Crippen LogP contribution is 2.24. The van der Waals surface area contributed by atoms with Crippen LogP contribution in [0.4, 0.5) is 0 Å². The van der Waals surface area contributed by atoms with E-state index < -0.39 is 0 Å². The van der Waals surface area contributed by atoms with Gasteiger partial charge in [0.15, 0.2) is 5.78 Å². The maximum atomic E-state index is 12.8. The maximum Gasteiger partial charge on any atom is 0.255 e. The van der Waals surface area contributed by atoms with Crippen molar-refractivity contribution in [1.82, 2.24) is 14.3 Å². The summed E-state index contributed by atoms with van der Waals surface area (Å²) < 4.78 is 1.84. The number of Topliss-reactive ketones (excluding diaryl/α,β-unsaturated/α-hetero) is 1. The number of likely N-dealkylation sites (tertiary alicyclic amines) is 1. The molecule has 4 heterocycles. The van der Waals surface area contributed by atoms with E-state index in [1.165, 1.54) is 11.3 Å². The average Bonchev–Trinajstić information content (AvgIpc) is 3.31. The summed E-state index contributed by atoms with van der Waals surface area (Å²) in [6.45, 7) is 1.20. The van der Waals surface area contributed by atoms with Crippen molar-refractivity contribution in [2.45, 2.75) is 12.8 Å². The first-order valence-electron chi connectivity index (χ1n) is 8.02. The largest absolute Gasteiger partial charge is 0.338 e. The molecule has 4 rings (SSSR count). The molecule has 0 spiro atoms. The predicted octanol–water partition coefficient (Wildman–Crippen LogP) is 3.13. The van der Waals surface area contributed by atoms with Crippen LogP contribution in [0, 0.1) is 5.92 Å². The van der Waals surface area contributed by atoms with E-state index in [4.69, 9.17) is 0 Å². The van der Waals surface area contributed by atoms with Gasteiger partial charge in [-0.05, 0) is 36.4 Å². The minimum atomic E-state index is -0.0988. The number of carbonyl (C=O) groups excluding carboxylic acids is 2. The van der Waals surface area contributed by atoms with Crippen LogP contribution in [-0.4, -0.2) is 39.1 Å². The van der Waals surface area contributed by atoms with Crippen LogP contribution in [0.25, 0.3) is 5.65 Å². The van der Waals surface area contributed by atoms with Crippen molar-refractivity contribution in [2.24, 2.45) is 5.92 Å². The van der Waals surface area contributed by atoms with Gasteiger partial charge >= 0.3 is 0 Å². The lowest BCUT2D eigenvalue weighted by atomic mass is 9.92. The summed E-state index contributed by atoms with van der Waals surface area (Å²) in [6.07, 6.45) is 7.04. The maximum absolute atomic E-state index is 12.8. The number of imidazole rings is 1. The SMILES string of the molecule is O=C(c1cccs1)[C@@H]1CCCN(C(=O)c2ccc3nccn3c2)C1. The van der Waals surface area contributed by atoms with Gasteiger partial charge in [0.1, 0.15) is 5.65 Å². The van der Waals surface area contributed by atoms with Crippen molar-refractivity contribution < 1.29 is 9.59 Å². The third-order valence-corrected chi connectivity index (χ3v) is 5.36. The van der Waals surface area contributed by atoms with Crippen molar-refractivity contribution in [2.75, 3.05) is 13.1 Å². The van der Waals surface area contributed by atoms with Gasteiger partial charge in [0.05, 0.1) is 10.4 Å². The molecule has 1 aliphatic rings. The topological polar surface area (TPSA) is 54.7 Å². The quantitative estimate of drug-likeness (QED) is 0.689. The van der Waals surface area contributed by atoms with Crippen LogP contribution in [0.5, 0.6) is 0 Å². The number of thiophene rings is 1. The molecule has 0 aromatic carbocycles. The predicted molar refractivity (Wildman–Crippen MR) is 92.5 cm³/mol. The summed E-state index contributed by atoms with van der Waals surface area (Å²) in [5, 5.41) is 1.92. The van der Waals surface area contributed by atoms with E-state index in [0.717, 1.165) is 23.4 Å². The van der Waals surface area contributed by atoms with E-state index in [9.17, 15) is 9.59 Å². The Morgan fingerprint density at radius 2 is 2.17 bits per heavy atom. The first-order valence-corrected chi connectivity index (χ1v) is 8.90. The Bertz CT molecular complexity index is 885. The van der Waals surface area contributed by atoms with Gasteiger partial charge in [-0.25, -0.2) is 4.98 Å². The fraction of sp³-hybridized carbons (Fsp3) is 0.278. The Balaban J connectivity index is 1.52. The van der Waals surface area contributed by atoms with Gasteiger partial charge in [0, 0.05) is 37.6 Å². The molecule has 0 radical (unpaired) electrons. The zero-order chi connectivity index (χ0) is 16.5. The molecule has 3 aromatic heterocycles. The van der Waals surface area contributed by atoms with Gasteiger partial charge in [-0.3, -0.25) is 9.59 Å². The molecular weight excluding hydrogens is 322 g/mol. The minimum absolute atomic E-state index is 0.0192. The highest BCUT2D eigenvalue weighted by Gasteiger charge is 2.30. The molecule has 6 heteroatoms. The third-order valence-electron chi connectivity index (χ3n) is 4.48. The van der Waals surface area contributed by atoms with E-state index in [1.807, 2.05) is 34.2 Å². The first-order chi connectivity index (χ1) is 11.7. The number of hydrogen-bond acceptors (Lipinski definition) is 4. The highest BCUT2D eigenvalue weighted by atomic mass is 32.1.